The number of benzene rings is 2. The summed E-state index contributed by atoms with van der Waals surface area (Å²) >= 11 is 14.2. The van der Waals surface area contributed by atoms with Gasteiger partial charge in [-0.3, -0.25) is 9.59 Å². The van der Waals surface area contributed by atoms with Crippen molar-refractivity contribution < 1.29 is 33.1 Å². The number of nitrogens with zero attached hydrogens (tertiary/aromatic N) is 3. The highest BCUT2D eigenvalue weighted by Gasteiger charge is 2.45. The second-order valence-corrected chi connectivity index (χ2v) is 13.1. The monoisotopic (exact) mass is 658 g/mol. The van der Waals surface area contributed by atoms with Crippen molar-refractivity contribution in [3.63, 3.8) is 0 Å². The number of ether oxygens (including phenoxy) is 1. The van der Waals surface area contributed by atoms with E-state index in [9.17, 15) is 18.8 Å². The zero-order valence-corrected chi connectivity index (χ0v) is 25.3. The summed E-state index contributed by atoms with van der Waals surface area (Å²) in [6.07, 6.45) is 4.28. The van der Waals surface area contributed by atoms with E-state index in [1.165, 1.54) is 17.4 Å². The lowest BCUT2D eigenvalue weighted by Gasteiger charge is -2.38. The molecule has 0 radical (unpaired) electrons. The number of carboxylic acid groups (broad SMARTS) is 1. The van der Waals surface area contributed by atoms with Crippen molar-refractivity contribution in [1.29, 1.82) is 0 Å². The van der Waals surface area contributed by atoms with E-state index in [1.54, 1.807) is 18.2 Å². The molecule has 2 N–H and O–H groups in total. The molecule has 0 spiro atoms. The van der Waals surface area contributed by atoms with Crippen LogP contribution in [0.15, 0.2) is 34.9 Å². The second kappa shape index (κ2) is 11.3. The Bertz CT molecular complexity index is 1790. The fourth-order valence-electron chi connectivity index (χ4n) is 6.24. The van der Waals surface area contributed by atoms with Crippen LogP contribution >= 0.6 is 34.5 Å². The third kappa shape index (κ3) is 5.28. The van der Waals surface area contributed by atoms with Gasteiger partial charge in [-0.15, -0.1) is 0 Å². The first-order valence-corrected chi connectivity index (χ1v) is 15.8. The predicted molar refractivity (Wildman–Crippen MR) is 161 cm³/mol. The fraction of sp³-hybridized carbons (Fsp3) is 0.367. The largest absolute Gasteiger partial charge is 0.480 e. The van der Waals surface area contributed by atoms with Crippen molar-refractivity contribution in [3.05, 3.63) is 63.1 Å². The quantitative estimate of drug-likeness (QED) is 0.205. The van der Waals surface area contributed by atoms with Gasteiger partial charge in [0.15, 0.2) is 16.7 Å². The number of halogens is 3. The first-order valence-electron chi connectivity index (χ1n) is 14.2. The summed E-state index contributed by atoms with van der Waals surface area (Å²) in [5, 5.41) is 16.6. The first kappa shape index (κ1) is 29.0. The Hall–Kier alpha value is -3.74. The number of thiazole rings is 1. The van der Waals surface area contributed by atoms with Gasteiger partial charge in [-0.05, 0) is 49.9 Å². The molecular formula is C30H25Cl2FN4O6S. The number of hydrogen-bond acceptors (Lipinski definition) is 9. The summed E-state index contributed by atoms with van der Waals surface area (Å²) in [4.78, 5) is 43.6. The Morgan fingerprint density at radius 2 is 1.82 bits per heavy atom. The average Bonchev–Trinajstić information content (AvgIpc) is 3.48. The molecule has 2 aromatic carbocycles. The fourth-order valence-corrected chi connectivity index (χ4v) is 7.98. The summed E-state index contributed by atoms with van der Waals surface area (Å²) in [5.41, 5.74) is 1.15. The Labute approximate surface area is 264 Å². The van der Waals surface area contributed by atoms with Gasteiger partial charge in [-0.1, -0.05) is 45.8 Å². The molecule has 7 rings (SSSR count). The molecule has 3 aliphatic rings. The average molecular weight is 660 g/mol. The molecule has 2 bridgehead atoms. The number of amides is 1. The van der Waals surface area contributed by atoms with E-state index in [1.807, 2.05) is 0 Å². The molecular weight excluding hydrogens is 634 g/mol. The summed E-state index contributed by atoms with van der Waals surface area (Å²) < 4.78 is 27.2. The lowest BCUT2D eigenvalue weighted by molar-refractivity contribution is -0.135. The van der Waals surface area contributed by atoms with Crippen LogP contribution in [0.25, 0.3) is 21.5 Å². The van der Waals surface area contributed by atoms with Crippen molar-refractivity contribution in [1.82, 2.24) is 15.5 Å². The van der Waals surface area contributed by atoms with Gasteiger partial charge >= 0.3 is 11.9 Å². The number of carbonyl (C=O) groups is 3. The van der Waals surface area contributed by atoms with Crippen LogP contribution in [0.3, 0.4) is 0 Å². The Kier molecular flexibility index (Phi) is 7.46. The summed E-state index contributed by atoms with van der Waals surface area (Å²) in [6, 6.07) is 7.71. The number of carbonyl (C=O) groups excluding carboxylic acids is 2. The molecule has 44 heavy (non-hydrogen) atoms. The number of anilines is 1. The van der Waals surface area contributed by atoms with Gasteiger partial charge in [0.25, 0.3) is 5.91 Å². The highest BCUT2D eigenvalue weighted by Crippen LogP contribution is 2.47. The maximum absolute atomic E-state index is 15.0. The highest BCUT2D eigenvalue weighted by molar-refractivity contribution is 7.22. The minimum absolute atomic E-state index is 0.0244. The zero-order valence-electron chi connectivity index (χ0n) is 23.0. The number of rotatable bonds is 8. The maximum Gasteiger partial charge on any atom is 0.344 e. The van der Waals surface area contributed by atoms with Crippen LogP contribution in [-0.2, 0) is 9.53 Å². The van der Waals surface area contributed by atoms with E-state index in [4.69, 9.17) is 37.6 Å². The number of fused-ring (bicyclic) bond motifs is 3. The van der Waals surface area contributed by atoms with Crippen molar-refractivity contribution in [2.75, 3.05) is 11.4 Å². The Morgan fingerprint density at radius 3 is 2.48 bits per heavy atom. The summed E-state index contributed by atoms with van der Waals surface area (Å²) in [5.74, 6) is -2.46. The maximum atomic E-state index is 15.0. The normalized spacial score (nSPS) is 21.1. The van der Waals surface area contributed by atoms with Crippen molar-refractivity contribution in [2.24, 2.45) is 0 Å². The molecule has 14 heteroatoms. The molecule has 4 heterocycles. The summed E-state index contributed by atoms with van der Waals surface area (Å²) in [7, 11) is 0. The minimum Gasteiger partial charge on any atom is -0.480 e. The number of piperidine rings is 1. The van der Waals surface area contributed by atoms with Crippen molar-refractivity contribution in [2.45, 2.75) is 62.6 Å². The van der Waals surface area contributed by atoms with Crippen LogP contribution in [0.4, 0.5) is 9.52 Å². The lowest BCUT2D eigenvalue weighted by Crippen LogP contribution is -2.46. The van der Waals surface area contributed by atoms with E-state index < -0.39 is 30.2 Å². The highest BCUT2D eigenvalue weighted by atomic mass is 35.5. The number of carboxylic acids is 1. The number of hydrogen-bond donors (Lipinski definition) is 2. The number of nitrogens with one attached hydrogen (secondary N) is 1. The molecule has 2 saturated heterocycles. The molecule has 0 unspecified atom stereocenters. The van der Waals surface area contributed by atoms with E-state index in [2.05, 4.69) is 20.4 Å². The standard InChI is InChI=1S/C30H25Cl2FN4O6S/c31-18-2-1-3-19(32)23(18)26-24(27(43-36-26)13-4-5-13)29(41)42-17-10-15-6-7-16(11-17)37(15)30-35-25-20(33)8-14(9-21(25)44-30)28(40)34-12-22(38)39/h1-3,8-9,13,15-17H,4-7,10-12H2,(H,34,40)(H,38,39)/t15-,16+,17+. The van der Waals surface area contributed by atoms with Crippen LogP contribution in [0, 0.1) is 5.82 Å². The Morgan fingerprint density at radius 1 is 1.11 bits per heavy atom. The van der Waals surface area contributed by atoms with Crippen molar-refractivity contribution >= 4 is 67.7 Å². The molecule has 2 aromatic heterocycles. The van der Waals surface area contributed by atoms with Gasteiger partial charge in [0.05, 0.1) is 14.7 Å². The van der Waals surface area contributed by atoms with Gasteiger partial charge in [-0.2, -0.15) is 0 Å². The molecule has 1 aliphatic carbocycles. The van der Waals surface area contributed by atoms with E-state index in [0.717, 1.165) is 31.7 Å². The van der Waals surface area contributed by atoms with Crippen LogP contribution in [0.2, 0.25) is 10.0 Å². The van der Waals surface area contributed by atoms with Gasteiger partial charge in [-0.25, -0.2) is 14.2 Å². The van der Waals surface area contributed by atoms with Crippen LogP contribution in [-0.4, -0.2) is 57.8 Å². The van der Waals surface area contributed by atoms with E-state index in [-0.39, 0.29) is 46.4 Å². The smallest absolute Gasteiger partial charge is 0.344 e. The molecule has 228 valence electrons. The summed E-state index contributed by atoms with van der Waals surface area (Å²) in [6.45, 7) is -0.566. The number of esters is 1. The van der Waals surface area contributed by atoms with Crippen LogP contribution in [0.1, 0.15) is 70.9 Å². The first-order chi connectivity index (χ1) is 21.2. The van der Waals surface area contributed by atoms with Gasteiger partial charge in [0.1, 0.15) is 29.4 Å². The van der Waals surface area contributed by atoms with E-state index in [0.29, 0.717) is 44.0 Å². The molecule has 1 amide bonds. The molecule has 10 nitrogen and oxygen atoms in total. The predicted octanol–water partition coefficient (Wildman–Crippen LogP) is 6.45. The minimum atomic E-state index is -1.19. The molecule has 3 fully saturated rings. The molecule has 3 atom stereocenters. The third-order valence-electron chi connectivity index (χ3n) is 8.35. The zero-order chi connectivity index (χ0) is 30.7. The number of aliphatic carboxylic acids is 1. The van der Waals surface area contributed by atoms with Gasteiger partial charge in [0, 0.05) is 42.0 Å². The van der Waals surface area contributed by atoms with Crippen molar-refractivity contribution in [3.8, 4) is 11.3 Å². The van der Waals surface area contributed by atoms with Gasteiger partial charge < -0.3 is 24.6 Å². The topological polar surface area (TPSA) is 135 Å². The van der Waals surface area contributed by atoms with Crippen LogP contribution < -0.4 is 10.2 Å². The molecule has 2 aliphatic heterocycles. The van der Waals surface area contributed by atoms with Gasteiger partial charge in [0.2, 0.25) is 0 Å². The number of aromatic nitrogens is 2. The third-order valence-corrected chi connectivity index (χ3v) is 10.00. The Balaban J connectivity index is 1.10. The molecule has 4 aromatic rings. The lowest BCUT2D eigenvalue weighted by atomic mass is 9.99. The van der Waals surface area contributed by atoms with Crippen LogP contribution in [0.5, 0.6) is 0 Å². The molecule has 1 saturated carbocycles. The van der Waals surface area contributed by atoms with E-state index >= 15 is 0 Å². The second-order valence-electron chi connectivity index (χ2n) is 11.3. The SMILES string of the molecule is O=C(O)CNC(=O)c1cc(F)c2nc(N3[C@@H]4CC[C@H]3C[C@@H](OC(=O)c3c(-c5c(Cl)cccc5Cl)noc3C3CC3)C4)sc2c1.